The molecule has 2 aromatic carbocycles. The summed E-state index contributed by atoms with van der Waals surface area (Å²) in [5.74, 6) is 0.928. The van der Waals surface area contributed by atoms with Gasteiger partial charge in [-0.2, -0.15) is 0 Å². The van der Waals surface area contributed by atoms with Crippen molar-refractivity contribution in [2.45, 2.75) is 25.4 Å². The fourth-order valence-corrected chi connectivity index (χ4v) is 4.15. The fourth-order valence-electron chi connectivity index (χ4n) is 3.93. The number of amides is 2. The summed E-state index contributed by atoms with van der Waals surface area (Å²) in [6.07, 6.45) is 2.14. The average molecular weight is 442 g/mol. The maximum absolute atomic E-state index is 13.1. The molecule has 0 atom stereocenters. The zero-order valence-corrected chi connectivity index (χ0v) is 18.6. The Morgan fingerprint density at radius 1 is 1.03 bits per heavy atom. The zero-order valence-electron chi connectivity index (χ0n) is 17.8. The Hall–Kier alpha value is -2.57. The molecule has 1 saturated carbocycles. The van der Waals surface area contributed by atoms with Crippen LogP contribution in [0, 0.1) is 0 Å². The monoisotopic (exact) mass is 441 g/mol. The molecule has 4 rings (SSSR count). The maximum Gasteiger partial charge on any atom is 0.255 e. The van der Waals surface area contributed by atoms with E-state index in [1.54, 1.807) is 19.2 Å². The van der Waals surface area contributed by atoms with E-state index in [0.717, 1.165) is 24.2 Å². The van der Waals surface area contributed by atoms with Gasteiger partial charge in [0.05, 0.1) is 24.2 Å². The predicted molar refractivity (Wildman–Crippen MR) is 120 cm³/mol. The van der Waals surface area contributed by atoms with Gasteiger partial charge in [0.1, 0.15) is 5.75 Å². The lowest BCUT2D eigenvalue weighted by Gasteiger charge is -2.35. The number of rotatable bonds is 7. The van der Waals surface area contributed by atoms with Gasteiger partial charge in [0.2, 0.25) is 5.91 Å². The second kappa shape index (κ2) is 9.71. The third kappa shape index (κ3) is 5.38. The molecule has 0 bridgehead atoms. The van der Waals surface area contributed by atoms with E-state index in [2.05, 4.69) is 4.90 Å². The van der Waals surface area contributed by atoms with Crippen LogP contribution < -0.4 is 4.74 Å². The van der Waals surface area contributed by atoms with Crippen LogP contribution in [0.2, 0.25) is 5.02 Å². The van der Waals surface area contributed by atoms with Gasteiger partial charge >= 0.3 is 0 Å². The number of piperazine rings is 1. The van der Waals surface area contributed by atoms with Crippen molar-refractivity contribution in [2.75, 3.05) is 39.8 Å². The molecular formula is C24H28ClN3O3. The smallest absolute Gasteiger partial charge is 0.255 e. The highest BCUT2D eigenvalue weighted by molar-refractivity contribution is 6.33. The number of methoxy groups -OCH3 is 1. The lowest BCUT2D eigenvalue weighted by Crippen LogP contribution is -2.51. The quantitative estimate of drug-likeness (QED) is 0.661. The number of benzene rings is 2. The molecule has 0 N–H and O–H groups in total. The molecule has 6 nitrogen and oxygen atoms in total. The molecule has 31 heavy (non-hydrogen) atoms. The minimum Gasteiger partial charge on any atom is -0.497 e. The van der Waals surface area contributed by atoms with Crippen molar-refractivity contribution in [3.8, 4) is 5.75 Å². The summed E-state index contributed by atoms with van der Waals surface area (Å²) in [5.41, 5.74) is 1.64. The molecule has 2 fully saturated rings. The Labute approximate surface area is 188 Å². The summed E-state index contributed by atoms with van der Waals surface area (Å²) >= 11 is 6.17. The van der Waals surface area contributed by atoms with Gasteiger partial charge in [-0.05, 0) is 42.7 Å². The van der Waals surface area contributed by atoms with E-state index in [1.165, 1.54) is 0 Å². The molecule has 1 saturated heterocycles. The summed E-state index contributed by atoms with van der Waals surface area (Å²) < 4.78 is 5.22. The highest BCUT2D eigenvalue weighted by Crippen LogP contribution is 2.29. The van der Waals surface area contributed by atoms with Crippen LogP contribution in [0.1, 0.15) is 28.8 Å². The van der Waals surface area contributed by atoms with Gasteiger partial charge in [-0.3, -0.25) is 14.5 Å². The number of hydrogen-bond acceptors (Lipinski definition) is 4. The van der Waals surface area contributed by atoms with Crippen LogP contribution >= 0.6 is 11.6 Å². The van der Waals surface area contributed by atoms with Gasteiger partial charge < -0.3 is 14.5 Å². The fraction of sp³-hybridized carbons (Fsp3) is 0.417. The standard InChI is InChI=1S/C24H28ClN3O3/c1-31-20-10-6-18(7-11-20)16-28(19-8-9-19)23(29)17-26-12-14-27(15-13-26)24(30)21-4-2-3-5-22(21)25/h2-7,10-11,19H,8-9,12-17H2,1H3. The third-order valence-corrected chi connectivity index (χ3v) is 6.27. The third-order valence-electron chi connectivity index (χ3n) is 5.94. The van der Waals surface area contributed by atoms with Crippen LogP contribution in [0.25, 0.3) is 0 Å². The minimum atomic E-state index is -0.0457. The zero-order chi connectivity index (χ0) is 21.8. The molecule has 0 aromatic heterocycles. The number of hydrogen-bond donors (Lipinski definition) is 0. The molecule has 0 unspecified atom stereocenters. The molecule has 164 valence electrons. The number of ether oxygens (including phenoxy) is 1. The second-order valence-corrected chi connectivity index (χ2v) is 8.56. The van der Waals surface area contributed by atoms with Gasteiger partial charge in [0.15, 0.2) is 0 Å². The number of nitrogens with zero attached hydrogens (tertiary/aromatic N) is 3. The minimum absolute atomic E-state index is 0.0457. The van der Waals surface area contributed by atoms with Crippen molar-refractivity contribution in [3.05, 3.63) is 64.7 Å². The van der Waals surface area contributed by atoms with Crippen LogP contribution in [-0.4, -0.2) is 72.4 Å². The summed E-state index contributed by atoms with van der Waals surface area (Å²) in [7, 11) is 1.65. The van der Waals surface area contributed by atoms with Crippen molar-refractivity contribution in [1.82, 2.24) is 14.7 Å². The Bertz CT molecular complexity index is 922. The SMILES string of the molecule is COc1ccc(CN(C(=O)CN2CCN(C(=O)c3ccccc3Cl)CC2)C2CC2)cc1. The van der Waals surface area contributed by atoms with Crippen molar-refractivity contribution in [2.24, 2.45) is 0 Å². The Morgan fingerprint density at radius 3 is 2.32 bits per heavy atom. The molecule has 0 spiro atoms. The first-order valence-corrected chi connectivity index (χ1v) is 11.1. The number of carbonyl (C=O) groups excluding carboxylic acids is 2. The van der Waals surface area contributed by atoms with Crippen LogP contribution in [0.4, 0.5) is 0 Å². The topological polar surface area (TPSA) is 53.1 Å². The van der Waals surface area contributed by atoms with Gasteiger partial charge in [-0.1, -0.05) is 35.9 Å². The number of carbonyl (C=O) groups is 2. The normalized spacial score (nSPS) is 16.8. The molecule has 1 aliphatic carbocycles. The first-order chi connectivity index (χ1) is 15.0. The molecule has 1 heterocycles. The van der Waals surface area contributed by atoms with Crippen LogP contribution in [0.3, 0.4) is 0 Å². The summed E-state index contributed by atoms with van der Waals surface area (Å²) in [6, 6.07) is 15.4. The van der Waals surface area contributed by atoms with Crippen LogP contribution in [0.15, 0.2) is 48.5 Å². The second-order valence-electron chi connectivity index (χ2n) is 8.15. The molecule has 2 aromatic rings. The summed E-state index contributed by atoms with van der Waals surface area (Å²) in [5, 5.41) is 0.476. The molecule has 1 aliphatic heterocycles. The molecule has 0 radical (unpaired) electrons. The largest absolute Gasteiger partial charge is 0.497 e. The summed E-state index contributed by atoms with van der Waals surface area (Å²) in [4.78, 5) is 31.8. The summed E-state index contributed by atoms with van der Waals surface area (Å²) in [6.45, 7) is 3.57. The predicted octanol–water partition coefficient (Wildman–Crippen LogP) is 3.30. The van der Waals surface area contributed by atoms with E-state index < -0.39 is 0 Å². The Kier molecular flexibility index (Phi) is 6.78. The highest BCUT2D eigenvalue weighted by atomic mass is 35.5. The van der Waals surface area contributed by atoms with Crippen molar-refractivity contribution >= 4 is 23.4 Å². The van der Waals surface area contributed by atoms with E-state index in [1.807, 2.05) is 46.2 Å². The highest BCUT2D eigenvalue weighted by Gasteiger charge is 2.34. The molecular weight excluding hydrogens is 414 g/mol. The van der Waals surface area contributed by atoms with E-state index in [4.69, 9.17) is 16.3 Å². The lowest BCUT2D eigenvalue weighted by molar-refractivity contribution is -0.134. The molecule has 2 aliphatic rings. The Morgan fingerprint density at radius 2 is 1.71 bits per heavy atom. The van der Waals surface area contributed by atoms with Gasteiger partial charge in [0.25, 0.3) is 5.91 Å². The Balaban J connectivity index is 1.31. The van der Waals surface area contributed by atoms with Gasteiger partial charge in [-0.25, -0.2) is 0 Å². The van der Waals surface area contributed by atoms with Crippen molar-refractivity contribution in [3.63, 3.8) is 0 Å². The number of halogens is 1. The van der Waals surface area contributed by atoms with E-state index in [9.17, 15) is 9.59 Å². The first-order valence-electron chi connectivity index (χ1n) is 10.7. The van der Waals surface area contributed by atoms with Gasteiger partial charge in [0, 0.05) is 38.8 Å². The molecule has 2 amide bonds. The van der Waals surface area contributed by atoms with Crippen LogP contribution in [0.5, 0.6) is 5.75 Å². The van der Waals surface area contributed by atoms with Crippen molar-refractivity contribution in [1.29, 1.82) is 0 Å². The van der Waals surface area contributed by atoms with E-state index in [-0.39, 0.29) is 11.8 Å². The van der Waals surface area contributed by atoms with Crippen LogP contribution in [-0.2, 0) is 11.3 Å². The maximum atomic E-state index is 13.1. The lowest BCUT2D eigenvalue weighted by atomic mass is 10.1. The first kappa shape index (κ1) is 21.7. The van der Waals surface area contributed by atoms with E-state index >= 15 is 0 Å². The van der Waals surface area contributed by atoms with E-state index in [0.29, 0.717) is 55.9 Å². The average Bonchev–Trinajstić information content (AvgIpc) is 3.63. The van der Waals surface area contributed by atoms with Gasteiger partial charge in [-0.15, -0.1) is 0 Å². The molecule has 7 heteroatoms. The van der Waals surface area contributed by atoms with Crippen molar-refractivity contribution < 1.29 is 14.3 Å².